The summed E-state index contributed by atoms with van der Waals surface area (Å²) in [5.41, 5.74) is 5.86. The molecule has 5 heteroatoms. The van der Waals surface area contributed by atoms with Gasteiger partial charge >= 0.3 is 5.97 Å². The van der Waals surface area contributed by atoms with E-state index in [0.29, 0.717) is 29.9 Å². The van der Waals surface area contributed by atoms with Crippen LogP contribution in [0, 0.1) is 13.8 Å². The molecule has 36 heavy (non-hydrogen) atoms. The van der Waals surface area contributed by atoms with Gasteiger partial charge in [-0.3, -0.25) is 9.59 Å². The number of nitrogens with zero attached hydrogens (tertiary/aromatic N) is 1. The van der Waals surface area contributed by atoms with Crippen LogP contribution in [-0.2, 0) is 11.3 Å². The van der Waals surface area contributed by atoms with E-state index in [9.17, 15) is 9.59 Å². The number of amides is 1. The van der Waals surface area contributed by atoms with Gasteiger partial charge in [-0.25, -0.2) is 0 Å². The third kappa shape index (κ3) is 6.75. The molecule has 0 spiro atoms. The molecular weight excluding hydrogens is 450 g/mol. The number of benzene rings is 3. The molecule has 0 saturated heterocycles. The molecule has 1 fully saturated rings. The van der Waals surface area contributed by atoms with Gasteiger partial charge in [-0.15, -0.1) is 0 Å². The molecule has 1 N–H and O–H groups in total. The first kappa shape index (κ1) is 24.1. The molecule has 1 unspecified atom stereocenters. The van der Waals surface area contributed by atoms with Crippen molar-refractivity contribution in [1.29, 1.82) is 0 Å². The van der Waals surface area contributed by atoms with Crippen molar-refractivity contribution in [2.75, 3.05) is 6.61 Å². The van der Waals surface area contributed by atoms with Crippen LogP contribution in [0.25, 0.3) is 11.1 Å². The monoisotopic (exact) mass is 486 g/mol. The molecular formula is C31H35NO4. The fourth-order valence-corrected chi connectivity index (χ4v) is 4.28. The predicted molar refractivity (Wildman–Crippen MR) is 142 cm³/mol. The highest BCUT2D eigenvalue weighted by molar-refractivity contribution is 5.95. The lowest BCUT2D eigenvalue weighted by molar-refractivity contribution is -0.137. The first-order valence-corrected chi connectivity index (χ1v) is 12.7. The lowest BCUT2D eigenvalue weighted by Crippen LogP contribution is -2.32. The minimum Gasteiger partial charge on any atom is -0.493 e. The van der Waals surface area contributed by atoms with Crippen molar-refractivity contribution in [3.63, 3.8) is 0 Å². The minimum atomic E-state index is -0.873. The van der Waals surface area contributed by atoms with Gasteiger partial charge in [0.05, 0.1) is 7.98 Å². The van der Waals surface area contributed by atoms with Gasteiger partial charge in [0.25, 0.3) is 5.91 Å². The SMILES string of the molecule is [2H]C(c1ccccc1OCCCCCC(=O)O)N(C(=O)c1ccc(-c2cc(C)ccc2C)cc1)C1CC1. The Morgan fingerprint density at radius 3 is 2.47 bits per heavy atom. The summed E-state index contributed by atoms with van der Waals surface area (Å²) in [5, 5.41) is 8.78. The average molecular weight is 487 g/mol. The zero-order valence-corrected chi connectivity index (χ0v) is 21.1. The molecule has 188 valence electrons. The Bertz CT molecular complexity index is 1240. The maximum atomic E-state index is 13.6. The summed E-state index contributed by atoms with van der Waals surface area (Å²) in [6.07, 6.45) is 4.08. The molecule has 3 aromatic rings. The predicted octanol–water partition coefficient (Wildman–Crippen LogP) is 6.80. The molecule has 1 amide bonds. The van der Waals surface area contributed by atoms with Crippen LogP contribution in [0.15, 0.2) is 66.7 Å². The number of carbonyl (C=O) groups excluding carboxylic acids is 1. The van der Waals surface area contributed by atoms with E-state index in [0.717, 1.165) is 36.8 Å². The largest absolute Gasteiger partial charge is 0.493 e. The number of hydrogen-bond acceptors (Lipinski definition) is 3. The lowest BCUT2D eigenvalue weighted by atomic mass is 9.97. The van der Waals surface area contributed by atoms with E-state index in [-0.39, 0.29) is 18.4 Å². The first-order valence-electron chi connectivity index (χ1n) is 13.3. The highest BCUT2D eigenvalue weighted by Crippen LogP contribution is 2.32. The van der Waals surface area contributed by atoms with Gasteiger partial charge in [-0.1, -0.05) is 54.1 Å². The van der Waals surface area contributed by atoms with Crippen LogP contribution < -0.4 is 4.74 Å². The number of aryl methyl sites for hydroxylation is 2. The van der Waals surface area contributed by atoms with E-state index in [1.165, 1.54) is 11.1 Å². The maximum absolute atomic E-state index is 13.6. The smallest absolute Gasteiger partial charge is 0.303 e. The Morgan fingerprint density at radius 2 is 1.75 bits per heavy atom. The Hall–Kier alpha value is -3.60. The molecule has 1 saturated carbocycles. The Labute approximate surface area is 215 Å². The number of unbranched alkanes of at least 4 members (excludes halogenated alkanes) is 2. The van der Waals surface area contributed by atoms with Crippen LogP contribution in [0.5, 0.6) is 5.75 Å². The fraction of sp³-hybridized carbons (Fsp3) is 0.355. The summed E-state index contributed by atoms with van der Waals surface area (Å²) in [5.74, 6) is -0.323. The van der Waals surface area contributed by atoms with Crippen LogP contribution in [-0.4, -0.2) is 34.5 Å². The molecule has 1 atom stereocenters. The van der Waals surface area contributed by atoms with Crippen LogP contribution >= 0.6 is 0 Å². The number of carboxylic acids is 1. The highest BCUT2D eigenvalue weighted by atomic mass is 16.5. The number of hydrogen-bond donors (Lipinski definition) is 1. The van der Waals surface area contributed by atoms with Crippen molar-refractivity contribution in [2.24, 2.45) is 0 Å². The second-order valence-corrected chi connectivity index (χ2v) is 9.56. The molecule has 0 radical (unpaired) electrons. The third-order valence-corrected chi connectivity index (χ3v) is 6.50. The van der Waals surface area contributed by atoms with Gasteiger partial charge in [0, 0.05) is 30.1 Å². The third-order valence-electron chi connectivity index (χ3n) is 6.50. The number of rotatable bonds is 12. The number of aliphatic carboxylic acids is 1. The van der Waals surface area contributed by atoms with E-state index in [1.54, 1.807) is 4.90 Å². The number of ether oxygens (including phenoxy) is 1. The summed E-state index contributed by atoms with van der Waals surface area (Å²) in [6, 6.07) is 21.5. The van der Waals surface area contributed by atoms with Crippen molar-refractivity contribution < 1.29 is 20.8 Å². The van der Waals surface area contributed by atoms with Crippen molar-refractivity contribution >= 4 is 11.9 Å². The zero-order chi connectivity index (χ0) is 26.4. The van der Waals surface area contributed by atoms with E-state index in [2.05, 4.69) is 32.0 Å². The average Bonchev–Trinajstić information content (AvgIpc) is 3.73. The summed E-state index contributed by atoms with van der Waals surface area (Å²) >= 11 is 0. The second kappa shape index (κ2) is 11.9. The summed E-state index contributed by atoms with van der Waals surface area (Å²) in [4.78, 5) is 26.0. The molecule has 0 aromatic heterocycles. The van der Waals surface area contributed by atoms with Crippen LogP contribution in [0.1, 0.15) is 66.9 Å². The van der Waals surface area contributed by atoms with Gasteiger partial charge in [0.2, 0.25) is 0 Å². The zero-order valence-electron chi connectivity index (χ0n) is 22.1. The molecule has 3 aromatic carbocycles. The number of para-hydroxylation sites is 1. The lowest BCUT2D eigenvalue weighted by Gasteiger charge is -2.24. The quantitative estimate of drug-likeness (QED) is 0.286. The van der Waals surface area contributed by atoms with Gasteiger partial charge in [-0.2, -0.15) is 0 Å². The van der Waals surface area contributed by atoms with E-state index in [4.69, 9.17) is 11.2 Å². The van der Waals surface area contributed by atoms with E-state index >= 15 is 0 Å². The van der Waals surface area contributed by atoms with Gasteiger partial charge in [0.15, 0.2) is 0 Å². The van der Waals surface area contributed by atoms with Crippen molar-refractivity contribution in [3.05, 3.63) is 89.0 Å². The summed E-state index contributed by atoms with van der Waals surface area (Å²) < 4.78 is 15.0. The highest BCUT2D eigenvalue weighted by Gasteiger charge is 2.33. The van der Waals surface area contributed by atoms with Crippen LogP contribution in [0.4, 0.5) is 0 Å². The maximum Gasteiger partial charge on any atom is 0.303 e. The minimum absolute atomic E-state index is 0.0535. The molecule has 1 aliphatic rings. The Kier molecular flexibility index (Phi) is 7.96. The first-order chi connectivity index (χ1) is 17.8. The molecule has 5 nitrogen and oxygen atoms in total. The summed E-state index contributed by atoms with van der Waals surface area (Å²) in [7, 11) is 0. The van der Waals surface area contributed by atoms with Crippen LogP contribution in [0.3, 0.4) is 0 Å². The molecule has 0 aliphatic heterocycles. The van der Waals surface area contributed by atoms with Gasteiger partial charge < -0.3 is 14.7 Å². The number of carbonyl (C=O) groups is 2. The second-order valence-electron chi connectivity index (χ2n) is 9.56. The topological polar surface area (TPSA) is 66.8 Å². The molecule has 1 aliphatic carbocycles. The fourth-order valence-electron chi connectivity index (χ4n) is 4.28. The summed E-state index contributed by atoms with van der Waals surface area (Å²) in [6.45, 7) is 3.73. The van der Waals surface area contributed by atoms with E-state index in [1.807, 2.05) is 48.5 Å². The molecule has 0 bridgehead atoms. The molecule has 0 heterocycles. The normalized spacial score (nSPS) is 14.1. The van der Waals surface area contributed by atoms with Gasteiger partial charge in [-0.05, 0) is 80.8 Å². The standard InChI is InChI=1S/C31H35NO4/c1-22-11-12-23(2)28(20-22)24-13-15-25(16-14-24)31(35)32(27-17-18-27)21-26-8-5-6-9-29(26)36-19-7-3-4-10-30(33)34/h5-6,8-9,11-16,20,27H,3-4,7,10,17-19,21H2,1-2H3,(H,33,34)/i21D. The number of carboxylic acid groups (broad SMARTS) is 1. The van der Waals surface area contributed by atoms with Crippen molar-refractivity contribution in [1.82, 2.24) is 4.90 Å². The van der Waals surface area contributed by atoms with E-state index < -0.39 is 12.5 Å². The molecule has 4 rings (SSSR count). The van der Waals surface area contributed by atoms with Crippen molar-refractivity contribution in [3.8, 4) is 16.9 Å². The van der Waals surface area contributed by atoms with Gasteiger partial charge in [0.1, 0.15) is 5.75 Å². The van der Waals surface area contributed by atoms with Crippen LogP contribution in [0.2, 0.25) is 0 Å². The van der Waals surface area contributed by atoms with Crippen molar-refractivity contribution in [2.45, 2.75) is 64.9 Å². The Balaban J connectivity index is 1.47. The Morgan fingerprint density at radius 1 is 1.00 bits per heavy atom.